The van der Waals surface area contributed by atoms with Gasteiger partial charge in [0.1, 0.15) is 0 Å². The third-order valence-corrected chi connectivity index (χ3v) is 7.33. The maximum Gasteiger partial charge on any atom is 0.267 e. The molecule has 0 aromatic carbocycles. The molecule has 0 radical (unpaired) electrons. The molecule has 0 aliphatic heterocycles. The number of carbonyl (C=O) groups is 1. The van der Waals surface area contributed by atoms with Crippen LogP contribution in [0.3, 0.4) is 0 Å². The summed E-state index contributed by atoms with van der Waals surface area (Å²) >= 11 is 0. The van der Waals surface area contributed by atoms with E-state index < -0.39 is 28.0 Å². The Morgan fingerprint density at radius 3 is 1.70 bits per heavy atom. The first-order chi connectivity index (χ1) is 20.8. The van der Waals surface area contributed by atoms with Crippen LogP contribution >= 0.6 is 0 Å². The summed E-state index contributed by atoms with van der Waals surface area (Å²) in [6.07, 6.45) is 42.9. The largest absolute Gasteiger partial charge is 0.387 e. The predicted molar refractivity (Wildman–Crippen MR) is 184 cm³/mol. The fourth-order valence-electron chi connectivity index (χ4n) is 4.14. The molecule has 6 nitrogen and oxygen atoms in total. The van der Waals surface area contributed by atoms with Crippen molar-refractivity contribution in [3.63, 3.8) is 0 Å². The first-order valence-corrected chi connectivity index (χ1v) is 17.9. The Kier molecular flexibility index (Phi) is 27.9. The zero-order chi connectivity index (χ0) is 31.9. The number of allylic oxidation sites excluding steroid dienone is 13. The first-order valence-electron chi connectivity index (χ1n) is 16.3. The van der Waals surface area contributed by atoms with E-state index in [0.717, 1.165) is 51.4 Å². The van der Waals surface area contributed by atoms with Crippen LogP contribution in [0.25, 0.3) is 0 Å². The van der Waals surface area contributed by atoms with Crippen LogP contribution in [0.4, 0.5) is 0 Å². The maximum atomic E-state index is 12.4. The van der Waals surface area contributed by atoms with E-state index in [0.29, 0.717) is 12.8 Å². The molecule has 0 aliphatic rings. The molecule has 1 amide bonds. The van der Waals surface area contributed by atoms with Crippen LogP contribution in [0, 0.1) is 0 Å². The summed E-state index contributed by atoms with van der Waals surface area (Å²) < 4.78 is 32.2. The second-order valence-electron chi connectivity index (χ2n) is 10.7. The van der Waals surface area contributed by atoms with Crippen LogP contribution in [0.2, 0.25) is 0 Å². The van der Waals surface area contributed by atoms with Gasteiger partial charge in [0.15, 0.2) is 0 Å². The zero-order valence-corrected chi connectivity index (χ0v) is 27.6. The lowest BCUT2D eigenvalue weighted by Crippen LogP contribution is -2.46. The van der Waals surface area contributed by atoms with E-state index in [1.807, 2.05) is 12.2 Å². The van der Waals surface area contributed by atoms with Crippen LogP contribution in [0.5, 0.6) is 0 Å². The molecule has 0 saturated carbocycles. The van der Waals surface area contributed by atoms with Gasteiger partial charge in [-0.25, -0.2) is 0 Å². The molecular weight excluding hydrogens is 558 g/mol. The molecule has 0 rings (SSSR count). The van der Waals surface area contributed by atoms with E-state index in [-0.39, 0.29) is 12.3 Å². The predicted octanol–water partition coefficient (Wildman–Crippen LogP) is 8.89. The van der Waals surface area contributed by atoms with Crippen molar-refractivity contribution < 1.29 is 22.9 Å². The van der Waals surface area contributed by atoms with Gasteiger partial charge in [-0.3, -0.25) is 9.35 Å². The first kappa shape index (κ1) is 40.5. The second kappa shape index (κ2) is 29.6. The lowest BCUT2D eigenvalue weighted by atomic mass is 10.1. The van der Waals surface area contributed by atoms with Gasteiger partial charge >= 0.3 is 0 Å². The molecule has 2 unspecified atom stereocenters. The Morgan fingerprint density at radius 1 is 0.651 bits per heavy atom. The minimum atomic E-state index is -4.38. The smallest absolute Gasteiger partial charge is 0.267 e. The molecular formula is C36H59NO5S. The second-order valence-corrected chi connectivity index (χ2v) is 12.2. The summed E-state index contributed by atoms with van der Waals surface area (Å²) in [7, 11) is -4.38. The maximum absolute atomic E-state index is 12.4. The molecule has 43 heavy (non-hydrogen) atoms. The third-order valence-electron chi connectivity index (χ3n) is 6.55. The number of aliphatic hydroxyl groups excluding tert-OH is 1. The number of aliphatic hydroxyl groups is 1. The SMILES string of the molecule is CC/C=C\C/C=C\C/C=C\C/C=C\CCC(=O)NC(CS(=O)(=O)O)C(O)/C=C/CC/C=C/CC/C=C/CCCCCCC. The highest BCUT2D eigenvalue weighted by Crippen LogP contribution is 2.07. The molecule has 2 atom stereocenters. The van der Waals surface area contributed by atoms with Gasteiger partial charge in [0, 0.05) is 6.42 Å². The normalized spacial score (nSPS) is 14.6. The summed E-state index contributed by atoms with van der Waals surface area (Å²) in [6, 6.07) is -1.12. The lowest BCUT2D eigenvalue weighted by Gasteiger charge is -2.20. The fourth-order valence-corrected chi connectivity index (χ4v) is 4.87. The van der Waals surface area contributed by atoms with E-state index in [9.17, 15) is 22.9 Å². The molecule has 0 aliphatic carbocycles. The number of carbonyl (C=O) groups excluding carboxylic acids is 1. The van der Waals surface area contributed by atoms with Crippen LogP contribution in [0.1, 0.15) is 117 Å². The molecule has 0 saturated heterocycles. The Balaban J connectivity index is 4.30. The number of nitrogens with one attached hydrogen (secondary N) is 1. The minimum Gasteiger partial charge on any atom is -0.387 e. The average Bonchev–Trinajstić information content (AvgIpc) is 2.96. The molecule has 0 bridgehead atoms. The highest BCUT2D eigenvalue weighted by atomic mass is 32.2. The van der Waals surface area contributed by atoms with Crippen molar-refractivity contribution in [2.75, 3.05) is 5.75 Å². The Bertz CT molecular complexity index is 989. The number of hydrogen-bond donors (Lipinski definition) is 3. The van der Waals surface area contributed by atoms with Crippen molar-refractivity contribution in [3.05, 3.63) is 85.1 Å². The van der Waals surface area contributed by atoms with Gasteiger partial charge in [0.2, 0.25) is 5.91 Å². The van der Waals surface area contributed by atoms with Gasteiger partial charge < -0.3 is 10.4 Å². The van der Waals surface area contributed by atoms with E-state index in [1.165, 1.54) is 38.2 Å². The van der Waals surface area contributed by atoms with Crippen molar-refractivity contribution in [3.8, 4) is 0 Å². The molecule has 0 heterocycles. The van der Waals surface area contributed by atoms with E-state index in [2.05, 4.69) is 79.9 Å². The third kappa shape index (κ3) is 30.8. The topological polar surface area (TPSA) is 104 Å². The van der Waals surface area contributed by atoms with Crippen molar-refractivity contribution in [2.45, 2.75) is 129 Å². The summed E-state index contributed by atoms with van der Waals surface area (Å²) in [5, 5.41) is 13.0. The highest BCUT2D eigenvalue weighted by molar-refractivity contribution is 7.85. The molecule has 0 aromatic heterocycles. The van der Waals surface area contributed by atoms with Crippen LogP contribution in [-0.2, 0) is 14.9 Å². The van der Waals surface area contributed by atoms with Gasteiger partial charge in [0.05, 0.1) is 17.9 Å². The highest BCUT2D eigenvalue weighted by Gasteiger charge is 2.24. The van der Waals surface area contributed by atoms with Gasteiger partial charge in [0.25, 0.3) is 10.1 Å². The quantitative estimate of drug-likeness (QED) is 0.0485. The Morgan fingerprint density at radius 2 is 1.14 bits per heavy atom. The summed E-state index contributed by atoms with van der Waals surface area (Å²) in [4.78, 5) is 12.4. The van der Waals surface area contributed by atoms with Crippen LogP contribution in [0.15, 0.2) is 85.1 Å². The van der Waals surface area contributed by atoms with Gasteiger partial charge in [-0.2, -0.15) is 8.42 Å². The molecule has 0 spiro atoms. The zero-order valence-electron chi connectivity index (χ0n) is 26.8. The van der Waals surface area contributed by atoms with Gasteiger partial charge in [-0.1, -0.05) is 125 Å². The van der Waals surface area contributed by atoms with Crippen molar-refractivity contribution in [2.24, 2.45) is 0 Å². The van der Waals surface area contributed by atoms with Gasteiger partial charge in [-0.15, -0.1) is 0 Å². The standard InChI is InChI=1S/C36H59NO5S/c1-3-5-7-9-11-13-15-17-18-20-21-23-25-27-29-31-35(38)34(33-43(40,41)42)37-36(39)32-30-28-26-24-22-19-16-14-12-10-8-6-4-2/h6,8,12,14-15,17,19,21-23,26,28-29,31,34-35,38H,3-5,7,9-11,13,16,18,20,24-25,27,30,32-33H2,1-2H3,(H,37,39)(H,40,41,42)/b8-6-,14-12-,17-15+,22-19-,23-21+,28-26-,31-29+. The average molecular weight is 618 g/mol. The monoisotopic (exact) mass is 617 g/mol. The fraction of sp³-hybridized carbons (Fsp3) is 0.583. The summed E-state index contributed by atoms with van der Waals surface area (Å²) in [5.74, 6) is -1.13. The van der Waals surface area contributed by atoms with Crippen LogP contribution in [-0.4, -0.2) is 41.9 Å². The number of hydrogen-bond acceptors (Lipinski definition) is 4. The molecule has 3 N–H and O–H groups in total. The van der Waals surface area contributed by atoms with Crippen LogP contribution < -0.4 is 5.32 Å². The lowest BCUT2D eigenvalue weighted by molar-refractivity contribution is -0.122. The van der Waals surface area contributed by atoms with E-state index >= 15 is 0 Å². The number of unbranched alkanes of at least 4 members (excludes halogenated alkanes) is 7. The number of rotatable bonds is 27. The van der Waals surface area contributed by atoms with Gasteiger partial charge in [-0.05, 0) is 70.6 Å². The molecule has 0 aromatic rings. The molecule has 0 fully saturated rings. The van der Waals surface area contributed by atoms with Crippen molar-refractivity contribution in [1.29, 1.82) is 0 Å². The minimum absolute atomic E-state index is 0.158. The molecule has 7 heteroatoms. The van der Waals surface area contributed by atoms with E-state index in [4.69, 9.17) is 0 Å². The Hall–Kier alpha value is -2.48. The summed E-state index contributed by atoms with van der Waals surface area (Å²) in [6.45, 7) is 4.35. The van der Waals surface area contributed by atoms with E-state index in [1.54, 1.807) is 6.08 Å². The Labute approximate surface area is 263 Å². The van der Waals surface area contributed by atoms with Crippen molar-refractivity contribution >= 4 is 16.0 Å². The number of amides is 1. The van der Waals surface area contributed by atoms with Crippen molar-refractivity contribution in [1.82, 2.24) is 5.32 Å². The summed E-state index contributed by atoms with van der Waals surface area (Å²) in [5.41, 5.74) is 0. The molecule has 244 valence electrons.